The third kappa shape index (κ3) is 6.29. The number of hydrogen-bond acceptors (Lipinski definition) is 4. The smallest absolute Gasteiger partial charge is 0.230 e. The normalized spacial score (nSPS) is 10.4. The Bertz CT molecular complexity index is 709. The van der Waals surface area contributed by atoms with Gasteiger partial charge >= 0.3 is 0 Å². The van der Waals surface area contributed by atoms with Gasteiger partial charge < -0.3 is 14.8 Å². The van der Waals surface area contributed by atoms with Crippen LogP contribution < -0.4 is 14.8 Å². The molecule has 0 saturated heterocycles. The van der Waals surface area contributed by atoms with Gasteiger partial charge in [0.15, 0.2) is 11.5 Å². The van der Waals surface area contributed by atoms with Gasteiger partial charge in [-0.25, -0.2) is 0 Å². The molecule has 0 aromatic heterocycles. The molecular formula is C19H22BrNO3S. The molecule has 6 heteroatoms. The summed E-state index contributed by atoms with van der Waals surface area (Å²) >= 11 is 5.13. The molecule has 134 valence electrons. The van der Waals surface area contributed by atoms with Crippen molar-refractivity contribution in [3.05, 3.63) is 58.1 Å². The molecule has 0 fully saturated rings. The Morgan fingerprint density at radius 3 is 2.60 bits per heavy atom. The maximum absolute atomic E-state index is 11.9. The van der Waals surface area contributed by atoms with Crippen molar-refractivity contribution in [3.63, 3.8) is 0 Å². The first-order chi connectivity index (χ1) is 12.1. The molecule has 0 saturated carbocycles. The fourth-order valence-electron chi connectivity index (χ4n) is 2.30. The number of benzene rings is 2. The summed E-state index contributed by atoms with van der Waals surface area (Å²) in [4.78, 5) is 11.9. The summed E-state index contributed by atoms with van der Waals surface area (Å²) in [6.45, 7) is 0.601. The zero-order chi connectivity index (χ0) is 18.1. The van der Waals surface area contributed by atoms with Crippen LogP contribution in [0.3, 0.4) is 0 Å². The summed E-state index contributed by atoms with van der Waals surface area (Å²) in [6.07, 6.45) is 0.751. The number of carbonyl (C=O) groups excluding carboxylic acids is 1. The lowest BCUT2D eigenvalue weighted by Gasteiger charge is -2.10. The summed E-state index contributed by atoms with van der Waals surface area (Å²) in [6, 6.07) is 13.9. The Kier molecular flexibility index (Phi) is 8.15. The largest absolute Gasteiger partial charge is 0.493 e. The molecule has 2 aromatic carbocycles. The van der Waals surface area contributed by atoms with E-state index in [1.165, 1.54) is 5.56 Å². The van der Waals surface area contributed by atoms with Gasteiger partial charge in [-0.3, -0.25) is 4.79 Å². The van der Waals surface area contributed by atoms with Crippen LogP contribution in [0.15, 0.2) is 46.9 Å². The number of nitrogens with one attached hydrogen (secondary N) is 1. The number of carbonyl (C=O) groups is 1. The molecule has 25 heavy (non-hydrogen) atoms. The molecule has 0 aliphatic rings. The predicted octanol–water partition coefficient (Wildman–Crippen LogP) is 4.06. The van der Waals surface area contributed by atoms with E-state index in [0.29, 0.717) is 23.8 Å². The van der Waals surface area contributed by atoms with Crippen molar-refractivity contribution in [1.82, 2.24) is 5.32 Å². The van der Waals surface area contributed by atoms with Crippen LogP contribution in [0, 0.1) is 0 Å². The highest BCUT2D eigenvalue weighted by molar-refractivity contribution is 9.10. The zero-order valence-electron chi connectivity index (χ0n) is 14.4. The zero-order valence-corrected chi connectivity index (χ0v) is 16.8. The van der Waals surface area contributed by atoms with Gasteiger partial charge in [0.2, 0.25) is 5.91 Å². The highest BCUT2D eigenvalue weighted by Gasteiger charge is 2.06. The first-order valence-corrected chi connectivity index (χ1v) is 9.87. The molecule has 0 atom stereocenters. The van der Waals surface area contributed by atoms with Gasteiger partial charge in [-0.1, -0.05) is 40.2 Å². The number of thioether (sulfide) groups is 1. The van der Waals surface area contributed by atoms with E-state index in [-0.39, 0.29) is 5.91 Å². The molecule has 0 radical (unpaired) electrons. The molecule has 0 unspecified atom stereocenters. The average molecular weight is 424 g/mol. The van der Waals surface area contributed by atoms with Crippen LogP contribution in [0.5, 0.6) is 11.5 Å². The lowest BCUT2D eigenvalue weighted by molar-refractivity contribution is -0.118. The quantitative estimate of drug-likeness (QED) is 0.660. The third-order valence-electron chi connectivity index (χ3n) is 3.63. The molecular weight excluding hydrogens is 402 g/mol. The van der Waals surface area contributed by atoms with E-state index in [4.69, 9.17) is 9.47 Å². The minimum Gasteiger partial charge on any atom is -0.493 e. The average Bonchev–Trinajstić information content (AvgIpc) is 2.63. The fraction of sp³-hybridized carbons (Fsp3) is 0.316. The minimum absolute atomic E-state index is 0.0533. The fourth-order valence-corrected chi connectivity index (χ4v) is 3.77. The minimum atomic E-state index is 0.0533. The van der Waals surface area contributed by atoms with Gasteiger partial charge in [0.1, 0.15) is 0 Å². The van der Waals surface area contributed by atoms with Crippen molar-refractivity contribution in [1.29, 1.82) is 0 Å². The lowest BCUT2D eigenvalue weighted by Crippen LogP contribution is -2.27. The van der Waals surface area contributed by atoms with Crippen LogP contribution in [0.1, 0.15) is 11.1 Å². The van der Waals surface area contributed by atoms with Gasteiger partial charge in [0, 0.05) is 16.8 Å². The lowest BCUT2D eigenvalue weighted by atomic mass is 10.1. The number of rotatable bonds is 9. The van der Waals surface area contributed by atoms with Crippen LogP contribution in [0.4, 0.5) is 0 Å². The Morgan fingerprint density at radius 2 is 1.88 bits per heavy atom. The first-order valence-electron chi connectivity index (χ1n) is 7.92. The van der Waals surface area contributed by atoms with E-state index in [1.54, 1.807) is 26.0 Å². The van der Waals surface area contributed by atoms with Crippen LogP contribution >= 0.6 is 27.7 Å². The Hall–Kier alpha value is -1.66. The van der Waals surface area contributed by atoms with Crippen molar-refractivity contribution in [3.8, 4) is 11.5 Å². The standard InChI is InChI=1S/C19H22BrNO3S/c1-23-17-8-7-14(11-18(17)24-2)9-10-21-19(22)13-25-12-15-5-3-4-6-16(15)20/h3-8,11H,9-10,12-13H2,1-2H3,(H,21,22). The Morgan fingerprint density at radius 1 is 1.12 bits per heavy atom. The van der Waals surface area contributed by atoms with Gasteiger partial charge in [0.25, 0.3) is 0 Å². The van der Waals surface area contributed by atoms with Crippen molar-refractivity contribution in [2.45, 2.75) is 12.2 Å². The summed E-state index contributed by atoms with van der Waals surface area (Å²) in [5.74, 6) is 2.73. The highest BCUT2D eigenvalue weighted by Crippen LogP contribution is 2.27. The first kappa shape index (κ1) is 19.7. The van der Waals surface area contributed by atoms with E-state index in [1.807, 2.05) is 36.4 Å². The molecule has 1 N–H and O–H groups in total. The SMILES string of the molecule is COc1ccc(CCNC(=O)CSCc2ccccc2Br)cc1OC. The molecule has 0 bridgehead atoms. The number of hydrogen-bond donors (Lipinski definition) is 1. The maximum Gasteiger partial charge on any atom is 0.230 e. The summed E-state index contributed by atoms with van der Waals surface area (Å²) in [7, 11) is 3.23. The molecule has 0 aliphatic carbocycles. The van der Waals surface area contributed by atoms with Gasteiger partial charge in [-0.2, -0.15) is 0 Å². The van der Waals surface area contributed by atoms with Crippen molar-refractivity contribution >= 4 is 33.6 Å². The maximum atomic E-state index is 11.9. The second-order valence-electron chi connectivity index (χ2n) is 5.37. The van der Waals surface area contributed by atoms with E-state index >= 15 is 0 Å². The van der Waals surface area contributed by atoms with Crippen LogP contribution in [0.25, 0.3) is 0 Å². The highest BCUT2D eigenvalue weighted by atomic mass is 79.9. The van der Waals surface area contributed by atoms with E-state index in [2.05, 4.69) is 27.3 Å². The summed E-state index contributed by atoms with van der Waals surface area (Å²) in [5.41, 5.74) is 2.30. The van der Waals surface area contributed by atoms with Crippen LogP contribution in [-0.2, 0) is 17.0 Å². The van der Waals surface area contributed by atoms with E-state index in [0.717, 1.165) is 22.2 Å². The molecule has 0 aliphatic heterocycles. The molecule has 2 rings (SSSR count). The number of ether oxygens (including phenoxy) is 2. The monoisotopic (exact) mass is 423 g/mol. The van der Waals surface area contributed by atoms with Crippen molar-refractivity contribution in [2.75, 3.05) is 26.5 Å². The third-order valence-corrected chi connectivity index (χ3v) is 5.39. The Balaban J connectivity index is 1.71. The van der Waals surface area contributed by atoms with Gasteiger partial charge in [-0.05, 0) is 35.7 Å². The van der Waals surface area contributed by atoms with Crippen LogP contribution in [0.2, 0.25) is 0 Å². The predicted molar refractivity (Wildman–Crippen MR) is 107 cm³/mol. The van der Waals surface area contributed by atoms with Crippen molar-refractivity contribution in [2.24, 2.45) is 0 Å². The van der Waals surface area contributed by atoms with E-state index < -0.39 is 0 Å². The molecule has 0 spiro atoms. The van der Waals surface area contributed by atoms with Crippen molar-refractivity contribution < 1.29 is 14.3 Å². The molecule has 1 amide bonds. The van der Waals surface area contributed by atoms with Gasteiger partial charge in [-0.15, -0.1) is 11.8 Å². The second-order valence-corrected chi connectivity index (χ2v) is 7.21. The number of amides is 1. The topological polar surface area (TPSA) is 47.6 Å². The van der Waals surface area contributed by atoms with Crippen LogP contribution in [-0.4, -0.2) is 32.4 Å². The van der Waals surface area contributed by atoms with E-state index in [9.17, 15) is 4.79 Å². The Labute approximate surface area is 161 Å². The summed E-state index contributed by atoms with van der Waals surface area (Å²) in [5, 5.41) is 2.95. The van der Waals surface area contributed by atoms with Gasteiger partial charge in [0.05, 0.1) is 20.0 Å². The number of methoxy groups -OCH3 is 2. The number of halogens is 1. The molecule has 2 aromatic rings. The summed E-state index contributed by atoms with van der Waals surface area (Å²) < 4.78 is 11.6. The molecule has 4 nitrogen and oxygen atoms in total. The molecule has 0 heterocycles. The second kappa shape index (κ2) is 10.4.